The number of aromatic nitrogens is 2. The highest BCUT2D eigenvalue weighted by Crippen LogP contribution is 2.43. The van der Waals surface area contributed by atoms with Gasteiger partial charge >= 0.3 is 0 Å². The van der Waals surface area contributed by atoms with Crippen molar-refractivity contribution in [3.8, 4) is 0 Å². The highest BCUT2D eigenvalue weighted by atomic mass is 15.1. The molecule has 2 aromatic heterocycles. The van der Waals surface area contributed by atoms with Crippen molar-refractivity contribution >= 4 is 33.2 Å². The first-order valence-corrected chi connectivity index (χ1v) is 9.88. The summed E-state index contributed by atoms with van der Waals surface area (Å²) in [5.41, 5.74) is 7.13. The van der Waals surface area contributed by atoms with E-state index in [-0.39, 0.29) is 0 Å². The molecule has 0 aliphatic heterocycles. The maximum Gasteiger partial charge on any atom is 0.138 e. The summed E-state index contributed by atoms with van der Waals surface area (Å²) in [6.07, 6.45) is 7.01. The monoisotopic (exact) mass is 359 g/mol. The molecular weight excluding hydrogens is 330 g/mol. The van der Waals surface area contributed by atoms with Gasteiger partial charge in [-0.15, -0.1) is 0 Å². The first kappa shape index (κ1) is 17.8. The Hall–Kier alpha value is -2.55. The molecule has 140 valence electrons. The van der Waals surface area contributed by atoms with Crippen LogP contribution in [0.1, 0.15) is 48.5 Å². The molecule has 0 saturated heterocycles. The first-order chi connectivity index (χ1) is 12.9. The molecule has 0 unspecified atom stereocenters. The topological polar surface area (TPSA) is 21.1 Å². The van der Waals surface area contributed by atoms with E-state index >= 15 is 0 Å². The Morgan fingerprint density at radius 3 is 2.48 bits per heavy atom. The minimum absolute atomic E-state index is 0.578. The van der Waals surface area contributed by atoms with E-state index in [4.69, 9.17) is 4.98 Å². The Bertz CT molecular complexity index is 1060. The zero-order valence-electron chi connectivity index (χ0n) is 17.0. The molecule has 3 heteroatoms. The molecule has 0 radical (unpaired) electrons. The highest BCUT2D eigenvalue weighted by molar-refractivity contribution is 6.15. The fourth-order valence-electron chi connectivity index (χ4n) is 4.75. The molecule has 0 spiro atoms. The normalized spacial score (nSPS) is 15.0. The Labute approximate surface area is 162 Å². The van der Waals surface area contributed by atoms with Crippen molar-refractivity contribution in [1.29, 1.82) is 0 Å². The average molecular weight is 360 g/mol. The molecule has 2 heterocycles. The summed E-state index contributed by atoms with van der Waals surface area (Å²) in [6.45, 7) is 12.4. The number of fused-ring (bicyclic) bond motifs is 3. The first-order valence-electron chi connectivity index (χ1n) is 9.88. The fraction of sp³-hybridized carbons (Fsp3) is 0.375. The van der Waals surface area contributed by atoms with Crippen LogP contribution in [0.25, 0.3) is 27.4 Å². The number of hydrogen-bond donors (Lipinski definition) is 0. The Kier molecular flexibility index (Phi) is 4.33. The van der Waals surface area contributed by atoms with E-state index in [2.05, 4.69) is 68.8 Å². The molecule has 1 aliphatic carbocycles. The van der Waals surface area contributed by atoms with E-state index < -0.39 is 0 Å². The van der Waals surface area contributed by atoms with E-state index in [0.717, 1.165) is 17.1 Å². The van der Waals surface area contributed by atoms with Crippen LogP contribution in [0.4, 0.5) is 5.82 Å². The van der Waals surface area contributed by atoms with Crippen LogP contribution in [-0.2, 0) is 0 Å². The number of allylic oxidation sites excluding steroid dienone is 2. The van der Waals surface area contributed by atoms with Crippen LogP contribution < -0.4 is 4.90 Å². The second-order valence-electron chi connectivity index (χ2n) is 8.05. The smallest absolute Gasteiger partial charge is 0.138 e. The van der Waals surface area contributed by atoms with Crippen molar-refractivity contribution in [3.63, 3.8) is 0 Å². The second-order valence-corrected chi connectivity index (χ2v) is 8.05. The van der Waals surface area contributed by atoms with Crippen molar-refractivity contribution in [2.45, 2.75) is 45.6 Å². The largest absolute Gasteiger partial charge is 0.362 e. The second kappa shape index (κ2) is 6.56. The third kappa shape index (κ3) is 2.68. The lowest BCUT2D eigenvalue weighted by atomic mass is 9.97. The van der Waals surface area contributed by atoms with E-state index in [1.54, 1.807) is 0 Å². The van der Waals surface area contributed by atoms with E-state index in [0.29, 0.717) is 6.04 Å². The summed E-state index contributed by atoms with van der Waals surface area (Å²) in [7, 11) is 4.17. The lowest BCUT2D eigenvalue weighted by Gasteiger charge is -2.17. The van der Waals surface area contributed by atoms with Gasteiger partial charge in [-0.1, -0.05) is 38.1 Å². The minimum atomic E-state index is 0.578. The molecular formula is C24H29N3. The maximum atomic E-state index is 4.90. The van der Waals surface area contributed by atoms with Crippen molar-refractivity contribution in [2.24, 2.45) is 0 Å². The van der Waals surface area contributed by atoms with Crippen LogP contribution in [0.2, 0.25) is 0 Å². The van der Waals surface area contributed by atoms with Crippen LogP contribution in [0.15, 0.2) is 37.4 Å². The molecule has 0 N–H and O–H groups in total. The summed E-state index contributed by atoms with van der Waals surface area (Å²) >= 11 is 0. The third-order valence-electron chi connectivity index (χ3n) is 6.03. The van der Waals surface area contributed by atoms with Crippen molar-refractivity contribution in [2.75, 3.05) is 19.0 Å². The van der Waals surface area contributed by atoms with Gasteiger partial charge in [-0.2, -0.15) is 0 Å². The molecule has 3 aromatic rings. The predicted octanol–water partition coefficient (Wildman–Crippen LogP) is 6.19. The number of rotatable bonds is 4. The van der Waals surface area contributed by atoms with Gasteiger partial charge in [0.15, 0.2) is 0 Å². The van der Waals surface area contributed by atoms with E-state index in [1.807, 2.05) is 6.08 Å². The Balaban J connectivity index is 2.20. The van der Waals surface area contributed by atoms with Gasteiger partial charge in [-0.3, -0.25) is 0 Å². The number of benzene rings is 1. The number of anilines is 1. The van der Waals surface area contributed by atoms with Crippen LogP contribution in [-0.4, -0.2) is 23.6 Å². The molecule has 4 rings (SSSR count). The van der Waals surface area contributed by atoms with Gasteiger partial charge in [0.25, 0.3) is 0 Å². The summed E-state index contributed by atoms with van der Waals surface area (Å²) in [6, 6.07) is 7.33. The fourth-order valence-corrected chi connectivity index (χ4v) is 4.75. The molecule has 3 nitrogen and oxygen atoms in total. The lowest BCUT2D eigenvalue weighted by Crippen LogP contribution is -2.12. The number of nitrogens with zero attached hydrogens (tertiary/aromatic N) is 3. The Morgan fingerprint density at radius 2 is 1.85 bits per heavy atom. The molecule has 0 amide bonds. The van der Waals surface area contributed by atoms with Crippen LogP contribution in [0.3, 0.4) is 0 Å². The molecule has 1 saturated carbocycles. The quantitative estimate of drug-likeness (QED) is 0.518. The molecule has 1 aliphatic rings. The standard InChI is InChI=1S/C24H29N3/c1-7-15(2)19-12-13-20-22(17(19)4)23-21(27(20)18-10-8-9-11-18)14-16(3)25-24(23)26(5)6/h7,12-14,18H,1-2,8-11H2,3-6H3. The van der Waals surface area contributed by atoms with Crippen LogP contribution >= 0.6 is 0 Å². The average Bonchev–Trinajstić information content (AvgIpc) is 3.26. The van der Waals surface area contributed by atoms with Crippen LogP contribution in [0.5, 0.6) is 0 Å². The highest BCUT2D eigenvalue weighted by Gasteiger charge is 2.25. The molecule has 27 heavy (non-hydrogen) atoms. The molecule has 1 aromatic carbocycles. The van der Waals surface area contributed by atoms with Gasteiger partial charge in [0, 0.05) is 36.7 Å². The van der Waals surface area contributed by atoms with Crippen molar-refractivity contribution < 1.29 is 0 Å². The Morgan fingerprint density at radius 1 is 1.15 bits per heavy atom. The molecule has 1 fully saturated rings. The van der Waals surface area contributed by atoms with Gasteiger partial charge in [0.2, 0.25) is 0 Å². The lowest BCUT2D eigenvalue weighted by molar-refractivity contribution is 0.550. The van der Waals surface area contributed by atoms with E-state index in [1.165, 1.54) is 58.6 Å². The summed E-state index contributed by atoms with van der Waals surface area (Å²) in [4.78, 5) is 7.04. The van der Waals surface area contributed by atoms with Gasteiger partial charge in [0.1, 0.15) is 5.82 Å². The van der Waals surface area contributed by atoms with Crippen molar-refractivity contribution in [1.82, 2.24) is 9.55 Å². The van der Waals surface area contributed by atoms with Gasteiger partial charge in [-0.05, 0) is 55.5 Å². The van der Waals surface area contributed by atoms with E-state index in [9.17, 15) is 0 Å². The zero-order valence-corrected chi connectivity index (χ0v) is 17.0. The number of pyridine rings is 1. The third-order valence-corrected chi connectivity index (χ3v) is 6.03. The zero-order chi connectivity index (χ0) is 19.3. The summed E-state index contributed by atoms with van der Waals surface area (Å²) in [5, 5.41) is 2.58. The maximum absolute atomic E-state index is 4.90. The molecule has 0 bridgehead atoms. The van der Waals surface area contributed by atoms with Gasteiger partial charge in [-0.25, -0.2) is 4.98 Å². The number of aryl methyl sites for hydroxylation is 2. The van der Waals surface area contributed by atoms with Gasteiger partial charge in [0.05, 0.1) is 10.9 Å². The summed E-state index contributed by atoms with van der Waals surface area (Å²) < 4.78 is 2.59. The van der Waals surface area contributed by atoms with Crippen LogP contribution in [0, 0.1) is 13.8 Å². The SMILES string of the molecule is C=CC(=C)c1ccc2c(c1C)c1c(N(C)C)nc(C)cc1n2C1CCCC1. The van der Waals surface area contributed by atoms with Gasteiger partial charge < -0.3 is 9.47 Å². The summed E-state index contributed by atoms with van der Waals surface area (Å²) in [5.74, 6) is 1.05. The van der Waals surface area contributed by atoms with Crippen molar-refractivity contribution in [3.05, 3.63) is 54.3 Å². The number of hydrogen-bond acceptors (Lipinski definition) is 2. The minimum Gasteiger partial charge on any atom is -0.362 e. The molecule has 0 atom stereocenters. The predicted molar refractivity (Wildman–Crippen MR) is 118 cm³/mol.